The molecule has 24 heavy (non-hydrogen) atoms. The molecule has 1 aliphatic heterocycles. The van der Waals surface area contributed by atoms with Crippen LogP contribution in [-0.4, -0.2) is 50.3 Å². The lowest BCUT2D eigenvalue weighted by Crippen LogP contribution is -2.39. The maximum atomic E-state index is 11.7. The van der Waals surface area contributed by atoms with Gasteiger partial charge in [0.05, 0.1) is 12.5 Å². The van der Waals surface area contributed by atoms with E-state index in [1.807, 2.05) is 31.2 Å². The summed E-state index contributed by atoms with van der Waals surface area (Å²) in [6.45, 7) is 9.66. The third-order valence-corrected chi connectivity index (χ3v) is 4.08. The number of ether oxygens (including phenoxy) is 3. The van der Waals surface area contributed by atoms with E-state index in [2.05, 4.69) is 11.5 Å². The molecule has 2 rings (SSSR count). The van der Waals surface area contributed by atoms with Gasteiger partial charge >= 0.3 is 5.97 Å². The molecule has 1 fully saturated rings. The van der Waals surface area contributed by atoms with Gasteiger partial charge in [-0.2, -0.15) is 0 Å². The van der Waals surface area contributed by atoms with Crippen molar-refractivity contribution >= 4 is 5.97 Å². The van der Waals surface area contributed by atoms with Gasteiger partial charge in [0.1, 0.15) is 13.2 Å². The lowest BCUT2D eigenvalue weighted by atomic mass is 9.97. The SMILES string of the molecule is C=CCOc1ccccc1OCCN1CCC(C(=O)OCC)CC1. The number of benzene rings is 1. The van der Waals surface area contributed by atoms with Gasteiger partial charge in [-0.25, -0.2) is 0 Å². The second-order valence-corrected chi connectivity index (χ2v) is 5.76. The number of hydrogen-bond donors (Lipinski definition) is 0. The zero-order chi connectivity index (χ0) is 17.2. The minimum atomic E-state index is -0.0540. The van der Waals surface area contributed by atoms with Crippen molar-refractivity contribution in [2.45, 2.75) is 19.8 Å². The van der Waals surface area contributed by atoms with Crippen molar-refractivity contribution in [3.63, 3.8) is 0 Å². The summed E-state index contributed by atoms with van der Waals surface area (Å²) in [5.41, 5.74) is 0. The van der Waals surface area contributed by atoms with Gasteiger partial charge in [0.2, 0.25) is 0 Å². The second kappa shape index (κ2) is 9.98. The fraction of sp³-hybridized carbons (Fsp3) is 0.526. The number of hydrogen-bond acceptors (Lipinski definition) is 5. The van der Waals surface area contributed by atoms with Crippen LogP contribution in [0.3, 0.4) is 0 Å². The third kappa shape index (κ3) is 5.57. The predicted molar refractivity (Wildman–Crippen MR) is 93.4 cm³/mol. The number of piperidine rings is 1. The fourth-order valence-corrected chi connectivity index (χ4v) is 2.77. The molecule has 5 nitrogen and oxygen atoms in total. The van der Waals surface area contributed by atoms with Crippen molar-refractivity contribution < 1.29 is 19.0 Å². The highest BCUT2D eigenvalue weighted by Gasteiger charge is 2.25. The number of para-hydroxylation sites is 2. The van der Waals surface area contributed by atoms with E-state index < -0.39 is 0 Å². The molecule has 132 valence electrons. The molecule has 1 saturated heterocycles. The normalized spacial score (nSPS) is 15.7. The zero-order valence-electron chi connectivity index (χ0n) is 14.4. The highest BCUT2D eigenvalue weighted by atomic mass is 16.5. The molecule has 0 atom stereocenters. The van der Waals surface area contributed by atoms with Crippen LogP contribution in [0.25, 0.3) is 0 Å². The van der Waals surface area contributed by atoms with E-state index in [0.29, 0.717) is 19.8 Å². The Hall–Kier alpha value is -2.01. The maximum absolute atomic E-state index is 11.7. The average Bonchev–Trinajstić information content (AvgIpc) is 2.61. The molecule has 0 N–H and O–H groups in total. The largest absolute Gasteiger partial charge is 0.488 e. The summed E-state index contributed by atoms with van der Waals surface area (Å²) in [5, 5.41) is 0. The van der Waals surface area contributed by atoms with Crippen LogP contribution in [0, 0.1) is 5.92 Å². The molecule has 0 saturated carbocycles. The van der Waals surface area contributed by atoms with Crippen LogP contribution in [0.4, 0.5) is 0 Å². The van der Waals surface area contributed by atoms with Crippen LogP contribution in [0.2, 0.25) is 0 Å². The summed E-state index contributed by atoms with van der Waals surface area (Å²) in [6.07, 6.45) is 3.43. The monoisotopic (exact) mass is 333 g/mol. The highest BCUT2D eigenvalue weighted by Crippen LogP contribution is 2.26. The lowest BCUT2D eigenvalue weighted by Gasteiger charge is -2.30. The highest BCUT2D eigenvalue weighted by molar-refractivity contribution is 5.72. The summed E-state index contributed by atoms with van der Waals surface area (Å²) in [7, 11) is 0. The molecule has 0 aromatic heterocycles. The first-order chi connectivity index (χ1) is 11.7. The van der Waals surface area contributed by atoms with Crippen molar-refractivity contribution in [2.24, 2.45) is 5.92 Å². The number of esters is 1. The van der Waals surface area contributed by atoms with Gasteiger partial charge in [0.15, 0.2) is 11.5 Å². The molecule has 0 aliphatic carbocycles. The zero-order valence-corrected chi connectivity index (χ0v) is 14.4. The molecule has 0 bridgehead atoms. The Labute approximate surface area is 144 Å². The van der Waals surface area contributed by atoms with Crippen LogP contribution in [0.5, 0.6) is 11.5 Å². The van der Waals surface area contributed by atoms with Gasteiger partial charge in [0, 0.05) is 6.54 Å². The Kier molecular flexibility index (Phi) is 7.62. The Morgan fingerprint density at radius 2 is 1.92 bits per heavy atom. The number of carbonyl (C=O) groups excluding carboxylic acids is 1. The van der Waals surface area contributed by atoms with E-state index in [4.69, 9.17) is 14.2 Å². The van der Waals surface area contributed by atoms with Crippen LogP contribution in [-0.2, 0) is 9.53 Å². The van der Waals surface area contributed by atoms with Crippen molar-refractivity contribution in [3.05, 3.63) is 36.9 Å². The van der Waals surface area contributed by atoms with E-state index in [9.17, 15) is 4.79 Å². The Morgan fingerprint density at radius 1 is 1.25 bits per heavy atom. The van der Waals surface area contributed by atoms with Gasteiger partial charge in [-0.1, -0.05) is 24.8 Å². The number of carbonyl (C=O) groups is 1. The van der Waals surface area contributed by atoms with Crippen LogP contribution >= 0.6 is 0 Å². The smallest absolute Gasteiger partial charge is 0.309 e. The number of likely N-dealkylation sites (tertiary alicyclic amines) is 1. The molecular formula is C19H27NO4. The van der Waals surface area contributed by atoms with E-state index in [-0.39, 0.29) is 11.9 Å². The van der Waals surface area contributed by atoms with Crippen LogP contribution in [0.1, 0.15) is 19.8 Å². The van der Waals surface area contributed by atoms with E-state index in [1.54, 1.807) is 6.08 Å². The average molecular weight is 333 g/mol. The Morgan fingerprint density at radius 3 is 2.54 bits per heavy atom. The van der Waals surface area contributed by atoms with Gasteiger partial charge < -0.3 is 14.2 Å². The molecule has 0 amide bonds. The number of rotatable bonds is 9. The molecule has 5 heteroatoms. The fourth-order valence-electron chi connectivity index (χ4n) is 2.77. The van der Waals surface area contributed by atoms with Gasteiger partial charge in [-0.15, -0.1) is 0 Å². The maximum Gasteiger partial charge on any atom is 0.309 e. The van der Waals surface area contributed by atoms with Gasteiger partial charge in [-0.3, -0.25) is 9.69 Å². The summed E-state index contributed by atoms with van der Waals surface area (Å²) in [4.78, 5) is 14.1. The minimum absolute atomic E-state index is 0.0511. The molecule has 1 aliphatic rings. The second-order valence-electron chi connectivity index (χ2n) is 5.76. The topological polar surface area (TPSA) is 48.0 Å². The van der Waals surface area contributed by atoms with Gasteiger partial charge in [0.25, 0.3) is 0 Å². The van der Waals surface area contributed by atoms with Crippen molar-refractivity contribution in [2.75, 3.05) is 39.5 Å². The van der Waals surface area contributed by atoms with Crippen molar-refractivity contribution in [1.82, 2.24) is 4.90 Å². The van der Waals surface area contributed by atoms with Crippen LogP contribution in [0.15, 0.2) is 36.9 Å². The van der Waals surface area contributed by atoms with E-state index in [1.165, 1.54) is 0 Å². The first kappa shape index (κ1) is 18.3. The minimum Gasteiger partial charge on any atom is -0.488 e. The first-order valence-electron chi connectivity index (χ1n) is 8.59. The summed E-state index contributed by atoms with van der Waals surface area (Å²) in [5.74, 6) is 1.48. The standard InChI is InChI=1S/C19H27NO4/c1-3-14-23-17-7-5-6-8-18(17)24-15-13-20-11-9-16(10-12-20)19(21)22-4-2/h3,5-8,16H,1,4,9-15H2,2H3. The first-order valence-corrected chi connectivity index (χ1v) is 8.59. The predicted octanol–water partition coefficient (Wildman–Crippen LogP) is 2.91. The van der Waals surface area contributed by atoms with Crippen molar-refractivity contribution in [1.29, 1.82) is 0 Å². The molecular weight excluding hydrogens is 306 g/mol. The van der Waals surface area contributed by atoms with Gasteiger partial charge in [-0.05, 0) is 45.0 Å². The summed E-state index contributed by atoms with van der Waals surface area (Å²) < 4.78 is 16.5. The van der Waals surface area contributed by atoms with E-state index in [0.717, 1.165) is 44.0 Å². The number of nitrogens with zero attached hydrogens (tertiary/aromatic N) is 1. The van der Waals surface area contributed by atoms with Crippen molar-refractivity contribution in [3.8, 4) is 11.5 Å². The Bertz CT molecular complexity index is 524. The Balaban J connectivity index is 1.72. The molecule has 0 unspecified atom stereocenters. The van der Waals surface area contributed by atoms with Crippen LogP contribution < -0.4 is 9.47 Å². The third-order valence-electron chi connectivity index (χ3n) is 4.08. The lowest BCUT2D eigenvalue weighted by molar-refractivity contribution is -0.149. The molecule has 0 radical (unpaired) electrons. The summed E-state index contributed by atoms with van der Waals surface area (Å²) >= 11 is 0. The quantitative estimate of drug-likeness (QED) is 0.514. The summed E-state index contributed by atoms with van der Waals surface area (Å²) in [6, 6.07) is 7.65. The van der Waals surface area contributed by atoms with E-state index >= 15 is 0 Å². The molecule has 1 heterocycles. The molecule has 1 aromatic rings. The molecule has 0 spiro atoms. The molecule has 1 aromatic carbocycles.